The highest BCUT2D eigenvalue weighted by Crippen LogP contribution is 2.45. The Bertz CT molecular complexity index is 1220. The van der Waals surface area contributed by atoms with Crippen molar-refractivity contribution in [2.45, 2.75) is 19.4 Å². The fourth-order valence-electron chi connectivity index (χ4n) is 4.42. The Morgan fingerprint density at radius 3 is 2.54 bits per heavy atom. The fourth-order valence-corrected chi connectivity index (χ4v) is 5.51. The summed E-state index contributed by atoms with van der Waals surface area (Å²) in [6.45, 7) is 4.13. The number of carbonyl (C=O) groups is 2. The molecule has 0 bridgehead atoms. The van der Waals surface area contributed by atoms with Gasteiger partial charge in [-0.25, -0.2) is 4.99 Å². The average molecular weight is 509 g/mol. The number of nitrogens with one attached hydrogen (secondary N) is 1. The predicted molar refractivity (Wildman–Crippen MR) is 139 cm³/mol. The molecule has 9 heteroatoms. The van der Waals surface area contributed by atoms with Crippen LogP contribution in [0.3, 0.4) is 0 Å². The van der Waals surface area contributed by atoms with E-state index < -0.39 is 6.04 Å². The molecule has 0 spiro atoms. The highest BCUT2D eigenvalue weighted by Gasteiger charge is 2.40. The summed E-state index contributed by atoms with van der Waals surface area (Å²) in [6.07, 6.45) is 0.225. The topological polar surface area (TPSA) is 74.2 Å². The highest BCUT2D eigenvalue weighted by atomic mass is 35.5. The molecule has 0 radical (unpaired) electrons. The van der Waals surface area contributed by atoms with Crippen LogP contribution in [0.2, 0.25) is 5.02 Å². The van der Waals surface area contributed by atoms with Crippen LogP contribution in [0.5, 0.6) is 0 Å². The quantitative estimate of drug-likeness (QED) is 0.628. The van der Waals surface area contributed by atoms with Gasteiger partial charge in [0.1, 0.15) is 0 Å². The van der Waals surface area contributed by atoms with Crippen LogP contribution in [0, 0.1) is 0 Å². The number of allylic oxidation sites excluding steroid dienone is 1. The van der Waals surface area contributed by atoms with Gasteiger partial charge in [0.2, 0.25) is 5.91 Å². The Morgan fingerprint density at radius 2 is 1.83 bits per heavy atom. The Hall–Kier alpha value is -3.07. The number of amidine groups is 1. The van der Waals surface area contributed by atoms with Crippen LogP contribution in [0.1, 0.15) is 24.9 Å². The second kappa shape index (κ2) is 10.3. The first-order chi connectivity index (χ1) is 17.0. The molecule has 1 atom stereocenters. The summed E-state index contributed by atoms with van der Waals surface area (Å²) in [5.41, 5.74) is 3.60. The number of carbonyl (C=O) groups excluding carboxylic acids is 2. The van der Waals surface area contributed by atoms with E-state index in [1.165, 1.54) is 11.8 Å². The highest BCUT2D eigenvalue weighted by molar-refractivity contribution is 8.16. The lowest BCUT2D eigenvalue weighted by atomic mass is 9.93. The van der Waals surface area contributed by atoms with E-state index in [1.54, 1.807) is 0 Å². The largest absolute Gasteiger partial charge is 0.378 e. The summed E-state index contributed by atoms with van der Waals surface area (Å²) < 4.78 is 5.39. The fraction of sp³-hybridized carbons (Fsp3) is 0.269. The number of morpholine rings is 1. The number of halogens is 1. The van der Waals surface area contributed by atoms with Gasteiger partial charge in [0, 0.05) is 29.5 Å². The third-order valence-electron chi connectivity index (χ3n) is 6.16. The van der Waals surface area contributed by atoms with Crippen LogP contribution in [0.4, 0.5) is 5.69 Å². The zero-order valence-corrected chi connectivity index (χ0v) is 20.8. The summed E-state index contributed by atoms with van der Waals surface area (Å²) in [5.74, 6) is -0.190. The molecule has 0 aromatic heterocycles. The number of benzene rings is 2. The first kappa shape index (κ1) is 23.7. The zero-order chi connectivity index (χ0) is 24.4. The third-order valence-corrected chi connectivity index (χ3v) is 7.30. The van der Waals surface area contributed by atoms with E-state index in [4.69, 9.17) is 21.3 Å². The second-order valence-electron chi connectivity index (χ2n) is 8.43. The van der Waals surface area contributed by atoms with Gasteiger partial charge in [-0.1, -0.05) is 53.7 Å². The van der Waals surface area contributed by atoms with Crippen molar-refractivity contribution in [3.63, 3.8) is 0 Å². The number of para-hydroxylation sites is 1. The van der Waals surface area contributed by atoms with Gasteiger partial charge in [0.25, 0.3) is 5.91 Å². The molecule has 35 heavy (non-hydrogen) atoms. The SMILES string of the molecule is CC1=C(C(=O)Nc2ccccc2)C(c2ccc(Cl)cc2)N2C(CC(=O)N3CCOCC3)=CSC2=N1. The van der Waals surface area contributed by atoms with Gasteiger partial charge in [-0.2, -0.15) is 0 Å². The number of fused-ring (bicyclic) bond motifs is 1. The Kier molecular flexibility index (Phi) is 6.95. The Balaban J connectivity index is 1.49. The summed E-state index contributed by atoms with van der Waals surface area (Å²) in [6, 6.07) is 16.4. The maximum Gasteiger partial charge on any atom is 0.255 e. The van der Waals surface area contributed by atoms with Gasteiger partial charge in [-0.3, -0.25) is 9.59 Å². The summed E-state index contributed by atoms with van der Waals surface area (Å²) in [5, 5.41) is 6.34. The van der Waals surface area contributed by atoms with E-state index in [2.05, 4.69) is 5.32 Å². The molecule has 5 rings (SSSR count). The summed E-state index contributed by atoms with van der Waals surface area (Å²) in [4.78, 5) is 35.3. The lowest BCUT2D eigenvalue weighted by Gasteiger charge is -2.37. The van der Waals surface area contributed by atoms with E-state index in [0.29, 0.717) is 48.3 Å². The molecule has 3 aliphatic rings. The summed E-state index contributed by atoms with van der Waals surface area (Å²) >= 11 is 7.65. The Labute approximate surface area is 213 Å². The van der Waals surface area contributed by atoms with E-state index in [9.17, 15) is 9.59 Å². The number of rotatable bonds is 5. The van der Waals surface area contributed by atoms with Crippen molar-refractivity contribution in [2.75, 3.05) is 31.6 Å². The average Bonchev–Trinajstić information content (AvgIpc) is 3.26. The van der Waals surface area contributed by atoms with Gasteiger partial charge in [0.15, 0.2) is 5.17 Å². The minimum absolute atomic E-state index is 0.0396. The maximum atomic E-state index is 13.6. The molecule has 1 saturated heterocycles. The molecule has 180 valence electrons. The molecule has 0 saturated carbocycles. The van der Waals surface area contributed by atoms with Gasteiger partial charge < -0.3 is 19.9 Å². The number of ether oxygens (including phenoxy) is 1. The first-order valence-corrected chi connectivity index (χ1v) is 12.7. The van der Waals surface area contributed by atoms with Crippen molar-refractivity contribution in [3.05, 3.63) is 87.6 Å². The van der Waals surface area contributed by atoms with Crippen molar-refractivity contribution in [1.29, 1.82) is 0 Å². The first-order valence-electron chi connectivity index (χ1n) is 11.4. The lowest BCUT2D eigenvalue weighted by molar-refractivity contribution is -0.134. The second-order valence-corrected chi connectivity index (χ2v) is 9.71. The van der Waals surface area contributed by atoms with Crippen molar-refractivity contribution in [1.82, 2.24) is 9.80 Å². The molecule has 2 aromatic carbocycles. The van der Waals surface area contributed by atoms with Crippen molar-refractivity contribution in [3.8, 4) is 0 Å². The maximum absolute atomic E-state index is 13.6. The molecule has 3 heterocycles. The summed E-state index contributed by atoms with van der Waals surface area (Å²) in [7, 11) is 0. The molecular formula is C26H25ClN4O3S. The smallest absolute Gasteiger partial charge is 0.255 e. The standard InChI is InChI=1S/C26H25ClN4O3S/c1-17-23(25(33)29-20-5-3-2-4-6-20)24(18-7-9-19(27)10-8-18)31-21(16-35-26(31)28-17)15-22(32)30-11-13-34-14-12-30/h2-10,16,24H,11-15H2,1H3,(H,29,33). The van der Waals surface area contributed by atoms with Crippen molar-refractivity contribution >= 4 is 46.0 Å². The number of anilines is 1. The number of nitrogens with zero attached hydrogens (tertiary/aromatic N) is 3. The molecule has 1 fully saturated rings. The van der Waals surface area contributed by atoms with Crippen LogP contribution in [0.15, 0.2) is 82.0 Å². The lowest BCUT2D eigenvalue weighted by Crippen LogP contribution is -2.42. The molecule has 1 unspecified atom stereocenters. The van der Waals surface area contributed by atoms with Crippen LogP contribution >= 0.6 is 23.4 Å². The molecule has 3 aliphatic heterocycles. The molecule has 1 N–H and O–H groups in total. The van der Waals surface area contributed by atoms with E-state index in [0.717, 1.165) is 16.4 Å². The van der Waals surface area contributed by atoms with Crippen LogP contribution in [-0.4, -0.2) is 53.1 Å². The number of aliphatic imine (C=N–C) groups is 1. The van der Waals surface area contributed by atoms with Crippen molar-refractivity contribution < 1.29 is 14.3 Å². The molecule has 2 aromatic rings. The molecule has 7 nitrogen and oxygen atoms in total. The van der Waals surface area contributed by atoms with Crippen LogP contribution < -0.4 is 5.32 Å². The van der Waals surface area contributed by atoms with Crippen molar-refractivity contribution in [2.24, 2.45) is 4.99 Å². The van der Waals surface area contributed by atoms with Gasteiger partial charge in [-0.05, 0) is 42.2 Å². The molecule has 2 amide bonds. The minimum atomic E-state index is -0.442. The van der Waals surface area contributed by atoms with Gasteiger partial charge in [0.05, 0.1) is 36.9 Å². The molecular weight excluding hydrogens is 484 g/mol. The van der Waals surface area contributed by atoms with Crippen LogP contribution in [-0.2, 0) is 14.3 Å². The van der Waals surface area contributed by atoms with Gasteiger partial charge >= 0.3 is 0 Å². The minimum Gasteiger partial charge on any atom is -0.378 e. The number of thioether (sulfide) groups is 1. The third kappa shape index (κ3) is 5.00. The Morgan fingerprint density at radius 1 is 1.11 bits per heavy atom. The number of amides is 2. The predicted octanol–water partition coefficient (Wildman–Crippen LogP) is 4.80. The number of hydrogen-bond acceptors (Lipinski definition) is 6. The zero-order valence-electron chi connectivity index (χ0n) is 19.2. The van der Waals surface area contributed by atoms with E-state index >= 15 is 0 Å². The molecule has 0 aliphatic carbocycles. The van der Waals surface area contributed by atoms with Crippen LogP contribution in [0.25, 0.3) is 0 Å². The van der Waals surface area contributed by atoms with Gasteiger partial charge in [-0.15, -0.1) is 0 Å². The number of hydrogen-bond donors (Lipinski definition) is 1. The normalized spacial score (nSPS) is 19.8. The van der Waals surface area contributed by atoms with E-state index in [1.807, 2.05) is 76.7 Å². The van der Waals surface area contributed by atoms with E-state index in [-0.39, 0.29) is 18.2 Å². The monoisotopic (exact) mass is 508 g/mol.